The monoisotopic (exact) mass is 418 g/mol. The lowest BCUT2D eigenvalue weighted by Crippen LogP contribution is -2.45. The molecule has 0 aromatic carbocycles. The smallest absolute Gasteiger partial charge is 0.225 e. The summed E-state index contributed by atoms with van der Waals surface area (Å²) >= 11 is 0. The van der Waals surface area contributed by atoms with Crippen molar-refractivity contribution in [3.05, 3.63) is 17.0 Å². The second kappa shape index (κ2) is 10.8. The van der Waals surface area contributed by atoms with Crippen LogP contribution in [-0.2, 0) is 22.6 Å². The molecule has 2 N–H and O–H groups in total. The van der Waals surface area contributed by atoms with Crippen LogP contribution in [0.5, 0.6) is 0 Å². The number of carbonyl (C=O) groups is 1. The summed E-state index contributed by atoms with van der Waals surface area (Å²) in [4.78, 5) is 19.2. The molecule has 1 amide bonds. The van der Waals surface area contributed by atoms with E-state index in [0.29, 0.717) is 19.1 Å². The normalized spacial score (nSPS) is 20.6. The average Bonchev–Trinajstić information content (AvgIpc) is 3.34. The topological polar surface area (TPSA) is 83.8 Å². The van der Waals surface area contributed by atoms with Crippen LogP contribution < -0.4 is 10.6 Å². The maximum atomic E-state index is 12.8. The molecule has 2 fully saturated rings. The zero-order valence-corrected chi connectivity index (χ0v) is 19.0. The largest absolute Gasteiger partial charge is 0.383 e. The lowest BCUT2D eigenvalue weighted by atomic mass is 9.88. The van der Waals surface area contributed by atoms with Crippen molar-refractivity contribution < 1.29 is 9.53 Å². The predicted octanol–water partition coefficient (Wildman–Crippen LogP) is 1.99. The first kappa shape index (κ1) is 22.6. The van der Waals surface area contributed by atoms with E-state index < -0.39 is 0 Å². The highest BCUT2D eigenvalue weighted by Crippen LogP contribution is 2.26. The molecule has 1 saturated carbocycles. The van der Waals surface area contributed by atoms with Crippen molar-refractivity contribution in [2.75, 3.05) is 33.9 Å². The Morgan fingerprint density at radius 3 is 2.70 bits per heavy atom. The maximum absolute atomic E-state index is 12.8. The van der Waals surface area contributed by atoms with Crippen molar-refractivity contribution in [3.8, 4) is 0 Å². The van der Waals surface area contributed by atoms with Gasteiger partial charge in [0.25, 0.3) is 0 Å². The number of amides is 1. The van der Waals surface area contributed by atoms with Gasteiger partial charge < -0.3 is 20.3 Å². The van der Waals surface area contributed by atoms with Gasteiger partial charge in [0.1, 0.15) is 0 Å². The highest BCUT2D eigenvalue weighted by atomic mass is 16.5. The fraction of sp³-hybridized carbons (Fsp3) is 0.773. The molecule has 2 heterocycles. The maximum Gasteiger partial charge on any atom is 0.225 e. The molecular weight excluding hydrogens is 380 g/mol. The number of rotatable bonds is 7. The molecule has 1 aromatic heterocycles. The molecule has 0 bridgehead atoms. The molecular formula is C22H38N6O2. The van der Waals surface area contributed by atoms with Crippen LogP contribution in [-0.4, -0.2) is 66.4 Å². The summed E-state index contributed by atoms with van der Waals surface area (Å²) in [7, 11) is 3.49. The zero-order chi connectivity index (χ0) is 21.5. The summed E-state index contributed by atoms with van der Waals surface area (Å²) in [5.74, 6) is 1.38. The van der Waals surface area contributed by atoms with Gasteiger partial charge in [-0.2, -0.15) is 5.10 Å². The molecule has 30 heavy (non-hydrogen) atoms. The van der Waals surface area contributed by atoms with Gasteiger partial charge in [0.05, 0.1) is 18.8 Å². The molecule has 8 nitrogen and oxygen atoms in total. The Hall–Kier alpha value is -2.09. The van der Waals surface area contributed by atoms with Gasteiger partial charge in [0.2, 0.25) is 5.91 Å². The number of nitrogens with one attached hydrogen (secondary N) is 2. The molecule has 1 saturated heterocycles. The lowest BCUT2D eigenvalue weighted by molar-refractivity contribution is -0.135. The lowest BCUT2D eigenvalue weighted by Gasteiger charge is -2.26. The van der Waals surface area contributed by atoms with Gasteiger partial charge in [0, 0.05) is 57.0 Å². The Labute approximate surface area is 180 Å². The van der Waals surface area contributed by atoms with E-state index in [-0.39, 0.29) is 12.0 Å². The summed E-state index contributed by atoms with van der Waals surface area (Å²) in [5.41, 5.74) is 3.36. The number of aliphatic imine (C=N–C) groups is 1. The van der Waals surface area contributed by atoms with E-state index in [0.717, 1.165) is 56.2 Å². The van der Waals surface area contributed by atoms with Gasteiger partial charge in [0.15, 0.2) is 5.96 Å². The minimum Gasteiger partial charge on any atom is -0.383 e. The molecule has 1 aliphatic carbocycles. The molecule has 8 heteroatoms. The van der Waals surface area contributed by atoms with E-state index in [1.807, 2.05) is 11.6 Å². The number of ether oxygens (including phenoxy) is 1. The van der Waals surface area contributed by atoms with Crippen LogP contribution in [0.15, 0.2) is 4.99 Å². The number of carbonyl (C=O) groups excluding carboxylic acids is 1. The van der Waals surface area contributed by atoms with Crippen LogP contribution in [0.4, 0.5) is 0 Å². The van der Waals surface area contributed by atoms with Crippen LogP contribution in [0, 0.1) is 19.8 Å². The molecule has 1 atom stereocenters. The van der Waals surface area contributed by atoms with E-state index in [9.17, 15) is 4.79 Å². The van der Waals surface area contributed by atoms with Gasteiger partial charge in [-0.25, -0.2) is 0 Å². The van der Waals surface area contributed by atoms with Crippen LogP contribution in [0.25, 0.3) is 0 Å². The Balaban J connectivity index is 1.49. The molecule has 1 unspecified atom stereocenters. The summed E-state index contributed by atoms with van der Waals surface area (Å²) < 4.78 is 7.17. The van der Waals surface area contributed by atoms with Crippen molar-refractivity contribution in [1.82, 2.24) is 25.3 Å². The Kier molecular flexibility index (Phi) is 8.13. The number of guanidine groups is 1. The van der Waals surface area contributed by atoms with Gasteiger partial charge in [-0.05, 0) is 33.1 Å². The Bertz CT molecular complexity index is 738. The molecule has 3 rings (SSSR count). The predicted molar refractivity (Wildman–Crippen MR) is 118 cm³/mol. The van der Waals surface area contributed by atoms with E-state index in [4.69, 9.17) is 4.74 Å². The molecule has 1 aliphatic heterocycles. The minimum atomic E-state index is 0.246. The van der Waals surface area contributed by atoms with Gasteiger partial charge in [-0.3, -0.25) is 14.5 Å². The number of hydrogen-bond acceptors (Lipinski definition) is 4. The molecule has 168 valence electrons. The third kappa shape index (κ3) is 5.53. The second-order valence-corrected chi connectivity index (χ2v) is 8.54. The van der Waals surface area contributed by atoms with Crippen molar-refractivity contribution >= 4 is 11.9 Å². The van der Waals surface area contributed by atoms with Crippen LogP contribution in [0.2, 0.25) is 0 Å². The number of nitrogens with zero attached hydrogens (tertiary/aromatic N) is 4. The van der Waals surface area contributed by atoms with E-state index in [2.05, 4.69) is 32.5 Å². The highest BCUT2D eigenvalue weighted by Gasteiger charge is 2.31. The van der Waals surface area contributed by atoms with Crippen molar-refractivity contribution in [2.45, 2.75) is 71.5 Å². The van der Waals surface area contributed by atoms with Crippen LogP contribution in [0.3, 0.4) is 0 Å². The minimum absolute atomic E-state index is 0.246. The first-order chi connectivity index (χ1) is 14.5. The third-order valence-corrected chi connectivity index (χ3v) is 6.49. The quantitative estimate of drug-likeness (QED) is 0.523. The summed E-state index contributed by atoms with van der Waals surface area (Å²) in [6.45, 7) is 7.81. The molecule has 0 spiro atoms. The van der Waals surface area contributed by atoms with Gasteiger partial charge in [-0.15, -0.1) is 0 Å². The number of methoxy groups -OCH3 is 1. The number of aryl methyl sites for hydroxylation is 1. The molecule has 0 radical (unpaired) electrons. The fourth-order valence-corrected chi connectivity index (χ4v) is 4.63. The van der Waals surface area contributed by atoms with Gasteiger partial charge in [-0.1, -0.05) is 19.3 Å². The van der Waals surface area contributed by atoms with Gasteiger partial charge >= 0.3 is 0 Å². The SMILES string of the molecule is CN=C(NCc1c(C)nn(CCOC)c1C)NC1CCN(C(=O)C2CCCCC2)C1. The Morgan fingerprint density at radius 2 is 2.00 bits per heavy atom. The standard InChI is InChI=1S/C22H38N6O2/c1-16-20(17(2)28(26-16)12-13-30-4)14-24-22(23-3)25-19-10-11-27(15-19)21(29)18-8-6-5-7-9-18/h18-19H,5-15H2,1-4H3,(H2,23,24,25). The van der Waals surface area contributed by atoms with Crippen molar-refractivity contribution in [2.24, 2.45) is 10.9 Å². The average molecular weight is 419 g/mol. The van der Waals surface area contributed by atoms with Crippen LogP contribution in [0.1, 0.15) is 55.5 Å². The van der Waals surface area contributed by atoms with E-state index in [1.165, 1.54) is 24.8 Å². The number of hydrogen-bond donors (Lipinski definition) is 2. The van der Waals surface area contributed by atoms with Crippen molar-refractivity contribution in [1.29, 1.82) is 0 Å². The van der Waals surface area contributed by atoms with E-state index in [1.54, 1.807) is 14.2 Å². The molecule has 1 aromatic rings. The fourth-order valence-electron chi connectivity index (χ4n) is 4.63. The summed E-state index contributed by atoms with van der Waals surface area (Å²) in [6.07, 6.45) is 6.76. The molecule has 2 aliphatic rings. The second-order valence-electron chi connectivity index (χ2n) is 8.54. The van der Waals surface area contributed by atoms with Crippen LogP contribution >= 0.6 is 0 Å². The third-order valence-electron chi connectivity index (χ3n) is 6.49. The van der Waals surface area contributed by atoms with E-state index >= 15 is 0 Å². The number of aromatic nitrogens is 2. The van der Waals surface area contributed by atoms with Crippen molar-refractivity contribution in [3.63, 3.8) is 0 Å². The Morgan fingerprint density at radius 1 is 1.23 bits per heavy atom. The first-order valence-corrected chi connectivity index (χ1v) is 11.3. The summed E-state index contributed by atoms with van der Waals surface area (Å²) in [5, 5.41) is 11.5. The summed E-state index contributed by atoms with van der Waals surface area (Å²) in [6, 6.07) is 0.246. The highest BCUT2D eigenvalue weighted by molar-refractivity contribution is 5.81. The first-order valence-electron chi connectivity index (χ1n) is 11.3. The zero-order valence-electron chi connectivity index (χ0n) is 19.0. The number of likely N-dealkylation sites (tertiary alicyclic amines) is 1.